The number of hydrogen-bond acceptors (Lipinski definition) is 8. The summed E-state index contributed by atoms with van der Waals surface area (Å²) in [6, 6.07) is 3.57. The molecular weight excluding hydrogens is 423 g/mol. The number of ether oxygens (including phenoxy) is 3. The predicted octanol–water partition coefficient (Wildman–Crippen LogP) is 3.85. The van der Waals surface area contributed by atoms with Gasteiger partial charge in [-0.15, -0.1) is 0 Å². The van der Waals surface area contributed by atoms with Crippen LogP contribution in [0.1, 0.15) is 37.5 Å². The molecule has 3 atom stereocenters. The van der Waals surface area contributed by atoms with Gasteiger partial charge in [-0.2, -0.15) is 4.39 Å². The van der Waals surface area contributed by atoms with Crippen LogP contribution in [0.4, 0.5) is 15.2 Å². The standard InChI is InChI=1S/C21H23FN4O4S.H2/c1-28-16-8-13-14(23-10-12-4-2-6-26(12)20(13)27)9-17(16)29-7-3-5-15-19(30-15)25-21-24-11-18(22)31-21;/h8-12,15,19H,2-7H2,1H3,(H,24,25);1H/t12-,15?,19?;/m0./s1. The zero-order valence-electron chi connectivity index (χ0n) is 17.0. The topological polar surface area (TPSA) is 88.6 Å². The second-order valence-corrected chi connectivity index (χ2v) is 8.69. The molecule has 2 fully saturated rings. The minimum atomic E-state index is -0.325. The quantitative estimate of drug-likeness (QED) is 0.487. The number of anilines is 1. The number of rotatable bonds is 8. The van der Waals surface area contributed by atoms with Crippen molar-refractivity contribution in [3.05, 3.63) is 29.0 Å². The summed E-state index contributed by atoms with van der Waals surface area (Å²) in [6.07, 6.45) is 6.48. The molecule has 4 heterocycles. The summed E-state index contributed by atoms with van der Waals surface area (Å²) in [5, 5.41) is 3.25. The zero-order valence-corrected chi connectivity index (χ0v) is 17.9. The van der Waals surface area contributed by atoms with E-state index >= 15 is 0 Å². The molecule has 166 valence electrons. The van der Waals surface area contributed by atoms with Crippen molar-refractivity contribution in [2.24, 2.45) is 4.99 Å². The van der Waals surface area contributed by atoms with E-state index in [2.05, 4.69) is 15.3 Å². The van der Waals surface area contributed by atoms with Gasteiger partial charge >= 0.3 is 0 Å². The van der Waals surface area contributed by atoms with E-state index in [4.69, 9.17) is 14.2 Å². The Bertz CT molecular complexity index is 1020. The summed E-state index contributed by atoms with van der Waals surface area (Å²) in [4.78, 5) is 23.3. The number of amides is 1. The minimum absolute atomic E-state index is 0. The summed E-state index contributed by atoms with van der Waals surface area (Å²) in [5.74, 6) is 1.08. The maximum atomic E-state index is 13.0. The number of aliphatic imine (C=N–C) groups is 1. The highest BCUT2D eigenvalue weighted by molar-refractivity contribution is 7.13. The molecule has 0 spiro atoms. The zero-order chi connectivity index (χ0) is 21.4. The van der Waals surface area contributed by atoms with E-state index in [9.17, 15) is 9.18 Å². The molecule has 1 N–H and O–H groups in total. The second kappa shape index (κ2) is 8.43. The summed E-state index contributed by atoms with van der Waals surface area (Å²) in [5.41, 5.74) is 1.16. The van der Waals surface area contributed by atoms with Crippen molar-refractivity contribution in [3.8, 4) is 11.5 Å². The van der Waals surface area contributed by atoms with Crippen molar-refractivity contribution in [2.45, 2.75) is 44.1 Å². The largest absolute Gasteiger partial charge is 0.493 e. The summed E-state index contributed by atoms with van der Waals surface area (Å²) in [6.45, 7) is 1.23. The van der Waals surface area contributed by atoms with Crippen LogP contribution in [0.2, 0.25) is 0 Å². The van der Waals surface area contributed by atoms with E-state index < -0.39 is 0 Å². The molecule has 2 aromatic rings. The van der Waals surface area contributed by atoms with Gasteiger partial charge in [-0.25, -0.2) is 4.98 Å². The van der Waals surface area contributed by atoms with Gasteiger partial charge < -0.3 is 24.4 Å². The van der Waals surface area contributed by atoms with Crippen LogP contribution in [0.25, 0.3) is 0 Å². The highest BCUT2D eigenvalue weighted by atomic mass is 32.1. The monoisotopic (exact) mass is 448 g/mol. The number of carbonyl (C=O) groups is 1. The number of aromatic nitrogens is 1. The van der Waals surface area contributed by atoms with Crippen LogP contribution >= 0.6 is 11.3 Å². The third kappa shape index (κ3) is 4.22. The number of nitrogens with zero attached hydrogens (tertiary/aromatic N) is 3. The number of fused-ring (bicyclic) bond motifs is 2. The average molecular weight is 449 g/mol. The lowest BCUT2D eigenvalue weighted by molar-refractivity contribution is 0.0774. The van der Waals surface area contributed by atoms with Crippen LogP contribution < -0.4 is 14.8 Å². The molecule has 1 aromatic heterocycles. The number of nitrogens with one attached hydrogen (secondary N) is 1. The molecule has 5 rings (SSSR count). The van der Waals surface area contributed by atoms with Gasteiger partial charge in [-0.05, 0) is 31.7 Å². The van der Waals surface area contributed by atoms with Gasteiger partial charge in [0.25, 0.3) is 5.91 Å². The third-order valence-electron chi connectivity index (χ3n) is 5.67. The summed E-state index contributed by atoms with van der Waals surface area (Å²) >= 11 is 0.960. The van der Waals surface area contributed by atoms with Gasteiger partial charge in [0, 0.05) is 20.3 Å². The van der Waals surface area contributed by atoms with Crippen molar-refractivity contribution in [3.63, 3.8) is 0 Å². The molecule has 3 aliphatic heterocycles. The number of thiazole rings is 1. The summed E-state index contributed by atoms with van der Waals surface area (Å²) < 4.78 is 30.0. The van der Waals surface area contributed by atoms with Crippen molar-refractivity contribution in [1.29, 1.82) is 0 Å². The second-order valence-electron chi connectivity index (χ2n) is 7.71. The first-order valence-electron chi connectivity index (χ1n) is 10.4. The number of hydrogen-bond donors (Lipinski definition) is 1. The molecule has 0 radical (unpaired) electrons. The molecular formula is C21H25FN4O4S. The Morgan fingerprint density at radius 2 is 2.32 bits per heavy atom. The molecule has 0 saturated carbocycles. The van der Waals surface area contributed by atoms with E-state index in [0.717, 1.165) is 43.6 Å². The van der Waals surface area contributed by atoms with E-state index in [1.54, 1.807) is 19.2 Å². The molecule has 1 aromatic carbocycles. The van der Waals surface area contributed by atoms with Crippen molar-refractivity contribution < 1.29 is 24.8 Å². The van der Waals surface area contributed by atoms with Crippen LogP contribution in [0, 0.1) is 5.13 Å². The first kappa shape index (κ1) is 20.2. The van der Waals surface area contributed by atoms with E-state index in [-0.39, 0.29) is 30.8 Å². The number of epoxide rings is 1. The number of carbonyl (C=O) groups excluding carboxylic acids is 1. The Morgan fingerprint density at radius 1 is 1.42 bits per heavy atom. The van der Waals surface area contributed by atoms with Crippen molar-refractivity contribution in [2.75, 3.05) is 25.6 Å². The van der Waals surface area contributed by atoms with Gasteiger partial charge in [-0.1, -0.05) is 11.3 Å². The Hall–Kier alpha value is -2.72. The fourth-order valence-electron chi connectivity index (χ4n) is 4.02. The van der Waals surface area contributed by atoms with Crippen LogP contribution in [-0.4, -0.2) is 60.6 Å². The molecule has 2 saturated heterocycles. The maximum absolute atomic E-state index is 13.0. The average Bonchev–Trinajstić information content (AvgIpc) is 3.15. The minimum Gasteiger partial charge on any atom is -0.493 e. The molecule has 0 bridgehead atoms. The molecule has 1 amide bonds. The molecule has 10 heteroatoms. The third-order valence-corrected chi connectivity index (χ3v) is 6.39. The number of halogens is 1. The Balaban J connectivity index is 0.00000245. The molecule has 8 nitrogen and oxygen atoms in total. The molecule has 0 aliphatic carbocycles. The first-order valence-corrected chi connectivity index (χ1v) is 11.2. The van der Waals surface area contributed by atoms with Crippen LogP contribution in [0.15, 0.2) is 23.3 Å². The van der Waals surface area contributed by atoms with E-state index in [0.29, 0.717) is 34.5 Å². The molecule has 2 unspecified atom stereocenters. The lowest BCUT2D eigenvalue weighted by atomic mass is 10.1. The predicted molar refractivity (Wildman–Crippen MR) is 116 cm³/mol. The highest BCUT2D eigenvalue weighted by Crippen LogP contribution is 2.38. The van der Waals surface area contributed by atoms with E-state index in [1.807, 2.05) is 11.1 Å². The Kier molecular flexibility index (Phi) is 5.49. The summed E-state index contributed by atoms with van der Waals surface area (Å²) in [7, 11) is 1.56. The SMILES string of the molecule is COc1cc2c(cc1OCCCC1OC1Nc1ncc(F)s1)N=C[C@@H]1CCCN1C2=O.[HH]. The fourth-order valence-corrected chi connectivity index (χ4v) is 4.59. The smallest absolute Gasteiger partial charge is 0.256 e. The van der Waals surface area contributed by atoms with Crippen LogP contribution in [0.3, 0.4) is 0 Å². The fraction of sp³-hybridized carbons (Fsp3) is 0.476. The number of methoxy groups -OCH3 is 1. The van der Waals surface area contributed by atoms with Gasteiger partial charge in [-0.3, -0.25) is 9.79 Å². The van der Waals surface area contributed by atoms with Crippen molar-refractivity contribution >= 4 is 34.3 Å². The molecule has 3 aliphatic rings. The van der Waals surface area contributed by atoms with Gasteiger partial charge in [0.2, 0.25) is 0 Å². The Labute approximate surface area is 184 Å². The lowest BCUT2D eigenvalue weighted by Gasteiger charge is -2.20. The van der Waals surface area contributed by atoms with E-state index in [1.165, 1.54) is 6.20 Å². The normalized spacial score (nSPS) is 23.9. The first-order chi connectivity index (χ1) is 15.1. The van der Waals surface area contributed by atoms with Crippen LogP contribution in [0.5, 0.6) is 11.5 Å². The van der Waals surface area contributed by atoms with Crippen molar-refractivity contribution in [1.82, 2.24) is 9.88 Å². The maximum Gasteiger partial charge on any atom is 0.256 e. The Morgan fingerprint density at radius 3 is 3.13 bits per heavy atom. The molecule has 31 heavy (non-hydrogen) atoms. The lowest BCUT2D eigenvalue weighted by Crippen LogP contribution is -2.35. The number of benzene rings is 1. The van der Waals surface area contributed by atoms with Gasteiger partial charge in [0.15, 0.2) is 28.0 Å². The van der Waals surface area contributed by atoms with Crippen LogP contribution in [-0.2, 0) is 4.74 Å². The van der Waals surface area contributed by atoms with Gasteiger partial charge in [0.05, 0.1) is 37.2 Å². The van der Waals surface area contributed by atoms with Gasteiger partial charge in [0.1, 0.15) is 6.10 Å². The highest BCUT2D eigenvalue weighted by Gasteiger charge is 2.39.